The van der Waals surface area contributed by atoms with Crippen LogP contribution in [0.1, 0.15) is 36.2 Å². The fraction of sp³-hybridized carbons (Fsp3) is 0.318. The van der Waals surface area contributed by atoms with Gasteiger partial charge in [0, 0.05) is 36.4 Å². The van der Waals surface area contributed by atoms with Crippen LogP contribution in [-0.2, 0) is 25.3 Å². The van der Waals surface area contributed by atoms with Crippen molar-refractivity contribution in [2.75, 3.05) is 11.1 Å². The Morgan fingerprint density at radius 1 is 1.10 bits per heavy atom. The van der Waals surface area contributed by atoms with Crippen LogP contribution in [0.3, 0.4) is 0 Å². The molecule has 31 heavy (non-hydrogen) atoms. The Bertz CT molecular complexity index is 1280. The second-order valence-corrected chi connectivity index (χ2v) is 8.22. The number of anilines is 1. The number of amides is 1. The van der Waals surface area contributed by atoms with Gasteiger partial charge in [-0.1, -0.05) is 13.3 Å². The molecule has 0 bridgehead atoms. The van der Waals surface area contributed by atoms with Crippen LogP contribution in [0.4, 0.5) is 5.69 Å². The van der Waals surface area contributed by atoms with Crippen molar-refractivity contribution in [3.8, 4) is 0 Å². The predicted molar refractivity (Wildman–Crippen MR) is 122 cm³/mol. The number of ketones is 1. The van der Waals surface area contributed by atoms with Gasteiger partial charge in [0.15, 0.2) is 5.78 Å². The largest absolute Gasteiger partial charge is 0.332 e. The van der Waals surface area contributed by atoms with Crippen LogP contribution in [-0.4, -0.2) is 31.6 Å². The Balaban J connectivity index is 1.91. The molecule has 0 atom stereocenters. The van der Waals surface area contributed by atoms with Crippen LogP contribution in [0.5, 0.6) is 0 Å². The van der Waals surface area contributed by atoms with Gasteiger partial charge in [0.05, 0.1) is 11.1 Å². The maximum atomic E-state index is 12.9. The van der Waals surface area contributed by atoms with E-state index >= 15 is 0 Å². The van der Waals surface area contributed by atoms with Gasteiger partial charge in [0.2, 0.25) is 5.91 Å². The minimum atomic E-state index is -0.448. The van der Waals surface area contributed by atoms with Gasteiger partial charge >= 0.3 is 5.69 Å². The average molecular weight is 441 g/mol. The summed E-state index contributed by atoms with van der Waals surface area (Å²) in [5.74, 6) is -0.205. The number of nitrogens with one attached hydrogen (secondary N) is 1. The zero-order chi connectivity index (χ0) is 22.7. The number of nitrogens with zero attached hydrogens (tertiary/aromatic N) is 3. The Morgan fingerprint density at radius 2 is 1.77 bits per heavy atom. The summed E-state index contributed by atoms with van der Waals surface area (Å²) in [6, 6.07) is 6.67. The molecule has 0 spiro atoms. The molecule has 2 aromatic heterocycles. The quantitative estimate of drug-likeness (QED) is 0.447. The van der Waals surface area contributed by atoms with Crippen molar-refractivity contribution in [1.82, 2.24) is 14.1 Å². The van der Waals surface area contributed by atoms with Gasteiger partial charge in [0.25, 0.3) is 5.56 Å². The van der Waals surface area contributed by atoms with Crippen molar-refractivity contribution in [2.24, 2.45) is 14.1 Å². The van der Waals surface area contributed by atoms with E-state index in [9.17, 15) is 19.2 Å². The third kappa shape index (κ3) is 4.61. The van der Waals surface area contributed by atoms with E-state index in [1.165, 1.54) is 30.3 Å². The normalized spacial score (nSPS) is 11.0. The highest BCUT2D eigenvalue weighted by Gasteiger charge is 2.18. The number of hydrogen-bond donors (Lipinski definition) is 1. The molecule has 9 heteroatoms. The van der Waals surface area contributed by atoms with E-state index in [1.807, 2.05) is 6.92 Å². The van der Waals surface area contributed by atoms with Crippen LogP contribution >= 0.6 is 11.8 Å². The van der Waals surface area contributed by atoms with Crippen molar-refractivity contribution in [1.29, 1.82) is 0 Å². The molecule has 0 aliphatic carbocycles. The topological polar surface area (TPSA) is 103 Å². The molecule has 2 heterocycles. The Hall–Kier alpha value is -3.20. The number of benzene rings is 1. The monoisotopic (exact) mass is 440 g/mol. The molecule has 8 nitrogen and oxygen atoms in total. The number of carbonyl (C=O) groups excluding carboxylic acids is 2. The number of pyridine rings is 1. The summed E-state index contributed by atoms with van der Waals surface area (Å²) in [6.45, 7) is 3.51. The first-order valence-electron chi connectivity index (χ1n) is 9.85. The molecule has 0 saturated carbocycles. The molecule has 0 unspecified atom stereocenters. The van der Waals surface area contributed by atoms with Crippen molar-refractivity contribution >= 4 is 40.2 Å². The van der Waals surface area contributed by atoms with Crippen LogP contribution in [0, 0.1) is 0 Å². The highest BCUT2D eigenvalue weighted by molar-refractivity contribution is 8.00. The molecule has 0 saturated heterocycles. The second kappa shape index (κ2) is 9.30. The van der Waals surface area contributed by atoms with Crippen LogP contribution < -0.4 is 16.6 Å². The van der Waals surface area contributed by atoms with E-state index in [0.29, 0.717) is 33.6 Å². The summed E-state index contributed by atoms with van der Waals surface area (Å²) < 4.78 is 2.40. The van der Waals surface area contributed by atoms with Crippen LogP contribution in [0.15, 0.2) is 44.9 Å². The van der Waals surface area contributed by atoms with E-state index in [-0.39, 0.29) is 17.4 Å². The highest BCUT2D eigenvalue weighted by atomic mass is 32.2. The first-order chi connectivity index (χ1) is 14.7. The molecule has 0 aliphatic rings. The molecule has 0 aliphatic heterocycles. The van der Waals surface area contributed by atoms with Gasteiger partial charge in [-0.3, -0.25) is 23.5 Å². The van der Waals surface area contributed by atoms with E-state index in [1.54, 1.807) is 37.5 Å². The molecule has 0 fully saturated rings. The smallest absolute Gasteiger partial charge is 0.325 e. The summed E-state index contributed by atoms with van der Waals surface area (Å²) in [7, 11) is 3.00. The number of thioether (sulfide) groups is 1. The zero-order valence-corrected chi connectivity index (χ0v) is 18.7. The molecule has 3 rings (SSSR count). The van der Waals surface area contributed by atoms with Gasteiger partial charge in [-0.2, -0.15) is 0 Å². The summed E-state index contributed by atoms with van der Waals surface area (Å²) in [5.41, 5.74) is 1.45. The molecule has 1 N–H and O–H groups in total. The molecule has 1 aromatic carbocycles. The van der Waals surface area contributed by atoms with Crippen molar-refractivity contribution in [3.05, 3.63) is 62.4 Å². The molecular weight excluding hydrogens is 416 g/mol. The number of rotatable bonds is 7. The minimum absolute atomic E-state index is 0.0440. The zero-order valence-electron chi connectivity index (χ0n) is 17.9. The fourth-order valence-corrected chi connectivity index (χ4v) is 4.29. The summed E-state index contributed by atoms with van der Waals surface area (Å²) in [4.78, 5) is 54.1. The Labute approximate surface area is 183 Å². The van der Waals surface area contributed by atoms with Gasteiger partial charge < -0.3 is 5.32 Å². The van der Waals surface area contributed by atoms with Crippen LogP contribution in [0.2, 0.25) is 0 Å². The highest BCUT2D eigenvalue weighted by Crippen LogP contribution is 2.29. The maximum absolute atomic E-state index is 12.9. The average Bonchev–Trinajstić information content (AvgIpc) is 2.75. The van der Waals surface area contributed by atoms with Crippen LogP contribution in [0.25, 0.3) is 11.0 Å². The summed E-state index contributed by atoms with van der Waals surface area (Å²) in [6.07, 6.45) is 3.22. The first-order valence-corrected chi connectivity index (χ1v) is 10.8. The van der Waals surface area contributed by atoms with E-state index in [4.69, 9.17) is 0 Å². The SMILES string of the molecule is CCCc1cnc2c(c1SCC(=O)Nc1ccc(C(C)=O)cc1)c(=O)n(C)c(=O)n2C. The number of Topliss-reactive ketones (excluding diaryl/α,β-unsaturated/α-hetero) is 1. The van der Waals surface area contributed by atoms with Gasteiger partial charge in [0.1, 0.15) is 5.65 Å². The Kier molecular flexibility index (Phi) is 6.74. The van der Waals surface area contributed by atoms with Gasteiger partial charge in [-0.15, -0.1) is 11.8 Å². The molecule has 162 valence electrons. The molecule has 3 aromatic rings. The number of carbonyl (C=O) groups is 2. The molecule has 1 amide bonds. The van der Waals surface area contributed by atoms with E-state index in [2.05, 4.69) is 10.3 Å². The third-order valence-electron chi connectivity index (χ3n) is 4.94. The lowest BCUT2D eigenvalue weighted by Gasteiger charge is -2.14. The van der Waals surface area contributed by atoms with Crippen molar-refractivity contribution in [3.63, 3.8) is 0 Å². The van der Waals surface area contributed by atoms with Crippen molar-refractivity contribution < 1.29 is 9.59 Å². The number of aryl methyl sites for hydroxylation is 2. The maximum Gasteiger partial charge on any atom is 0.332 e. The second-order valence-electron chi connectivity index (χ2n) is 7.24. The fourth-order valence-electron chi connectivity index (χ4n) is 3.28. The third-order valence-corrected chi connectivity index (χ3v) is 6.10. The van der Waals surface area contributed by atoms with Gasteiger partial charge in [-0.25, -0.2) is 9.78 Å². The molecule has 0 radical (unpaired) electrons. The lowest BCUT2D eigenvalue weighted by Crippen LogP contribution is -2.37. The summed E-state index contributed by atoms with van der Waals surface area (Å²) in [5, 5.41) is 3.15. The van der Waals surface area contributed by atoms with E-state index in [0.717, 1.165) is 16.6 Å². The minimum Gasteiger partial charge on any atom is -0.325 e. The lowest BCUT2D eigenvalue weighted by atomic mass is 10.1. The first kappa shape index (κ1) is 22.5. The number of hydrogen-bond acceptors (Lipinski definition) is 6. The Morgan fingerprint density at radius 3 is 2.39 bits per heavy atom. The number of aromatic nitrogens is 3. The standard InChI is InChI=1S/C22H24N4O4S/c1-5-6-15-11-23-20-18(21(29)26(4)22(30)25(20)3)19(15)31-12-17(28)24-16-9-7-14(8-10-16)13(2)27/h7-11H,5-6,12H2,1-4H3,(H,24,28). The molecular formula is C22H24N4O4S. The lowest BCUT2D eigenvalue weighted by molar-refractivity contribution is -0.113. The van der Waals surface area contributed by atoms with Crippen molar-refractivity contribution in [2.45, 2.75) is 31.6 Å². The number of fused-ring (bicyclic) bond motifs is 1. The summed E-state index contributed by atoms with van der Waals surface area (Å²) >= 11 is 1.25. The van der Waals surface area contributed by atoms with Gasteiger partial charge in [-0.05, 0) is 43.2 Å². The van der Waals surface area contributed by atoms with E-state index < -0.39 is 11.2 Å². The predicted octanol–water partition coefficient (Wildman–Crippen LogP) is 2.52.